The zero-order valence-corrected chi connectivity index (χ0v) is 12.4. The van der Waals surface area contributed by atoms with E-state index in [4.69, 9.17) is 5.73 Å². The van der Waals surface area contributed by atoms with Gasteiger partial charge in [0.05, 0.1) is 5.92 Å². The minimum atomic E-state index is -0.206. The number of rotatable bonds is 4. The molecule has 1 aromatic carbocycles. The highest BCUT2D eigenvalue weighted by Gasteiger charge is 2.27. The molecule has 3 N–H and O–H groups in total. The van der Waals surface area contributed by atoms with Crippen LogP contribution in [0.4, 0.5) is 0 Å². The number of benzene rings is 1. The monoisotopic (exact) mass is 289 g/mol. The molecule has 5 heteroatoms. The van der Waals surface area contributed by atoms with Crippen molar-refractivity contribution >= 4 is 11.8 Å². The number of carbonyl (C=O) groups is 2. The van der Waals surface area contributed by atoms with Gasteiger partial charge in [0.15, 0.2) is 0 Å². The van der Waals surface area contributed by atoms with Gasteiger partial charge in [0.1, 0.15) is 0 Å². The smallest absolute Gasteiger partial charge is 0.224 e. The number of nitrogens with two attached hydrogens (primary N) is 1. The summed E-state index contributed by atoms with van der Waals surface area (Å²) in [5.74, 6) is -0.0913. The summed E-state index contributed by atoms with van der Waals surface area (Å²) in [6, 6.07) is 9.51. The number of hydrogen-bond donors (Lipinski definition) is 2. The van der Waals surface area contributed by atoms with Crippen molar-refractivity contribution in [1.29, 1.82) is 0 Å². The van der Waals surface area contributed by atoms with Crippen LogP contribution in [-0.2, 0) is 9.59 Å². The van der Waals surface area contributed by atoms with E-state index in [0.717, 1.165) is 24.9 Å². The van der Waals surface area contributed by atoms with Crippen molar-refractivity contribution in [2.45, 2.75) is 25.8 Å². The molecule has 0 aliphatic carbocycles. The van der Waals surface area contributed by atoms with Crippen LogP contribution in [0.15, 0.2) is 30.3 Å². The molecule has 0 aromatic heterocycles. The summed E-state index contributed by atoms with van der Waals surface area (Å²) >= 11 is 0. The Kier molecular flexibility index (Phi) is 5.33. The second-order valence-electron chi connectivity index (χ2n) is 5.57. The third-order valence-electron chi connectivity index (χ3n) is 3.96. The van der Waals surface area contributed by atoms with Crippen molar-refractivity contribution in [2.24, 2.45) is 11.7 Å². The summed E-state index contributed by atoms with van der Waals surface area (Å²) in [6.07, 6.45) is 1.71. The molecular weight excluding hydrogens is 266 g/mol. The molecule has 0 saturated carbocycles. The van der Waals surface area contributed by atoms with E-state index in [1.54, 1.807) is 11.8 Å². The second-order valence-corrected chi connectivity index (χ2v) is 5.57. The van der Waals surface area contributed by atoms with Crippen molar-refractivity contribution in [3.05, 3.63) is 35.9 Å². The molecule has 2 unspecified atom stereocenters. The molecule has 2 rings (SSSR count). The lowest BCUT2D eigenvalue weighted by Crippen LogP contribution is -2.45. The van der Waals surface area contributed by atoms with Gasteiger partial charge in [-0.1, -0.05) is 30.3 Å². The first kappa shape index (κ1) is 15.5. The molecule has 2 atom stereocenters. The van der Waals surface area contributed by atoms with E-state index in [-0.39, 0.29) is 23.8 Å². The first-order chi connectivity index (χ1) is 10.1. The van der Waals surface area contributed by atoms with E-state index in [0.29, 0.717) is 13.1 Å². The van der Waals surface area contributed by atoms with Gasteiger partial charge in [0.25, 0.3) is 0 Å². The quantitative estimate of drug-likeness (QED) is 0.870. The molecule has 0 radical (unpaired) electrons. The van der Waals surface area contributed by atoms with Gasteiger partial charge in [-0.25, -0.2) is 0 Å². The Morgan fingerprint density at radius 1 is 1.38 bits per heavy atom. The first-order valence-electron chi connectivity index (χ1n) is 7.41. The first-order valence-corrected chi connectivity index (χ1v) is 7.41. The predicted molar refractivity (Wildman–Crippen MR) is 81.4 cm³/mol. The summed E-state index contributed by atoms with van der Waals surface area (Å²) < 4.78 is 0. The number of piperidine rings is 1. The highest BCUT2D eigenvalue weighted by Crippen LogP contribution is 2.17. The summed E-state index contributed by atoms with van der Waals surface area (Å²) in [4.78, 5) is 25.3. The van der Waals surface area contributed by atoms with Crippen LogP contribution < -0.4 is 11.1 Å². The zero-order chi connectivity index (χ0) is 15.2. The lowest BCUT2D eigenvalue weighted by Gasteiger charge is -2.31. The minimum absolute atomic E-state index is 0.00710. The molecule has 0 bridgehead atoms. The van der Waals surface area contributed by atoms with Gasteiger partial charge < -0.3 is 16.0 Å². The Bertz CT molecular complexity index is 490. The predicted octanol–water partition coefficient (Wildman–Crippen LogP) is 1.06. The summed E-state index contributed by atoms with van der Waals surface area (Å²) in [5.41, 5.74) is 7.08. The second kappa shape index (κ2) is 7.22. The molecule has 5 nitrogen and oxygen atoms in total. The van der Waals surface area contributed by atoms with Crippen molar-refractivity contribution in [2.75, 3.05) is 19.6 Å². The van der Waals surface area contributed by atoms with Gasteiger partial charge in [-0.05, 0) is 18.4 Å². The zero-order valence-electron chi connectivity index (χ0n) is 12.4. The molecule has 1 aliphatic rings. The maximum atomic E-state index is 12.2. The van der Waals surface area contributed by atoms with Gasteiger partial charge >= 0.3 is 0 Å². The maximum absolute atomic E-state index is 12.2. The molecule has 1 fully saturated rings. The molecule has 2 amide bonds. The molecule has 1 heterocycles. The van der Waals surface area contributed by atoms with E-state index in [2.05, 4.69) is 5.32 Å². The Morgan fingerprint density at radius 2 is 2.10 bits per heavy atom. The fourth-order valence-electron chi connectivity index (χ4n) is 2.65. The third-order valence-corrected chi connectivity index (χ3v) is 3.96. The molecular formula is C16H23N3O2. The van der Waals surface area contributed by atoms with Crippen LogP contribution in [0.1, 0.15) is 31.4 Å². The Hall–Kier alpha value is -1.88. The van der Waals surface area contributed by atoms with Gasteiger partial charge in [0, 0.05) is 32.6 Å². The van der Waals surface area contributed by atoms with Crippen molar-refractivity contribution in [3.8, 4) is 0 Å². The summed E-state index contributed by atoms with van der Waals surface area (Å²) in [6.45, 7) is 3.23. The Morgan fingerprint density at radius 3 is 2.76 bits per heavy atom. The Labute approximate surface area is 125 Å². The Balaban J connectivity index is 1.83. The average molecular weight is 289 g/mol. The van der Waals surface area contributed by atoms with Crippen LogP contribution in [0.25, 0.3) is 0 Å². The van der Waals surface area contributed by atoms with Gasteiger partial charge in [-0.3, -0.25) is 9.59 Å². The van der Waals surface area contributed by atoms with Gasteiger partial charge in [-0.2, -0.15) is 0 Å². The number of amides is 2. The number of nitrogens with zero attached hydrogens (tertiary/aromatic N) is 1. The van der Waals surface area contributed by atoms with E-state index < -0.39 is 0 Å². The standard InChI is InChI=1S/C16H23N3O2/c1-12(20)19-9-5-8-14(11-19)16(21)18-10-15(17)13-6-3-2-4-7-13/h2-4,6-7,14-15H,5,8-11,17H2,1H3,(H,18,21). The number of likely N-dealkylation sites (tertiary alicyclic amines) is 1. The maximum Gasteiger partial charge on any atom is 0.224 e. The highest BCUT2D eigenvalue weighted by molar-refractivity contribution is 5.80. The summed E-state index contributed by atoms with van der Waals surface area (Å²) in [5, 5.41) is 2.91. The fraction of sp³-hybridized carbons (Fsp3) is 0.500. The van der Waals surface area contributed by atoms with Gasteiger partial charge in [0.2, 0.25) is 11.8 Å². The molecule has 21 heavy (non-hydrogen) atoms. The van der Waals surface area contributed by atoms with E-state index in [9.17, 15) is 9.59 Å². The number of nitrogens with one attached hydrogen (secondary N) is 1. The van der Waals surface area contributed by atoms with Crippen LogP contribution in [0.2, 0.25) is 0 Å². The van der Waals surface area contributed by atoms with Crippen LogP contribution >= 0.6 is 0 Å². The van der Waals surface area contributed by atoms with Crippen molar-refractivity contribution in [3.63, 3.8) is 0 Å². The minimum Gasteiger partial charge on any atom is -0.354 e. The molecule has 1 aromatic rings. The number of carbonyl (C=O) groups excluding carboxylic acids is 2. The fourth-order valence-corrected chi connectivity index (χ4v) is 2.65. The van der Waals surface area contributed by atoms with Crippen LogP contribution in [0.3, 0.4) is 0 Å². The van der Waals surface area contributed by atoms with Crippen LogP contribution in [0, 0.1) is 5.92 Å². The topological polar surface area (TPSA) is 75.4 Å². The normalized spacial score (nSPS) is 19.9. The van der Waals surface area contributed by atoms with Gasteiger partial charge in [-0.15, -0.1) is 0 Å². The van der Waals surface area contributed by atoms with Crippen LogP contribution in [-0.4, -0.2) is 36.3 Å². The molecule has 114 valence electrons. The van der Waals surface area contributed by atoms with Crippen molar-refractivity contribution < 1.29 is 9.59 Å². The lowest BCUT2D eigenvalue weighted by atomic mass is 9.97. The van der Waals surface area contributed by atoms with E-state index >= 15 is 0 Å². The largest absolute Gasteiger partial charge is 0.354 e. The average Bonchev–Trinajstić information content (AvgIpc) is 2.53. The molecule has 1 saturated heterocycles. The highest BCUT2D eigenvalue weighted by atomic mass is 16.2. The SMILES string of the molecule is CC(=O)N1CCCC(C(=O)NCC(N)c2ccccc2)C1. The van der Waals surface area contributed by atoms with E-state index in [1.807, 2.05) is 30.3 Å². The summed E-state index contributed by atoms with van der Waals surface area (Å²) in [7, 11) is 0. The van der Waals surface area contributed by atoms with Crippen LogP contribution in [0.5, 0.6) is 0 Å². The molecule has 1 aliphatic heterocycles. The van der Waals surface area contributed by atoms with E-state index in [1.165, 1.54) is 0 Å². The lowest BCUT2D eigenvalue weighted by molar-refractivity contribution is -0.133. The molecule has 0 spiro atoms. The third kappa shape index (κ3) is 4.29. The number of hydrogen-bond acceptors (Lipinski definition) is 3. The van der Waals surface area contributed by atoms with Crippen molar-refractivity contribution in [1.82, 2.24) is 10.2 Å².